The van der Waals surface area contributed by atoms with Crippen molar-refractivity contribution in [1.29, 1.82) is 0 Å². The zero-order valence-corrected chi connectivity index (χ0v) is 10.9. The molecule has 1 N–H and O–H groups in total. The second kappa shape index (κ2) is 5.65. The molecule has 1 heterocycles. The van der Waals surface area contributed by atoms with Gasteiger partial charge >= 0.3 is 0 Å². The Morgan fingerprint density at radius 1 is 1.24 bits per heavy atom. The first kappa shape index (κ1) is 12.6. The molecule has 1 aromatic carbocycles. The van der Waals surface area contributed by atoms with Crippen molar-refractivity contribution in [1.82, 2.24) is 5.32 Å². The van der Waals surface area contributed by atoms with Crippen molar-refractivity contribution < 1.29 is 4.74 Å². The molecular weight excluding hydrogens is 210 g/mol. The third-order valence-corrected chi connectivity index (χ3v) is 3.36. The van der Waals surface area contributed by atoms with Gasteiger partial charge in [-0.15, -0.1) is 0 Å². The molecule has 0 saturated carbocycles. The molecule has 0 aromatic heterocycles. The second-order valence-corrected chi connectivity index (χ2v) is 5.68. The average Bonchev–Trinajstić information content (AvgIpc) is 2.26. The van der Waals surface area contributed by atoms with Crippen molar-refractivity contribution in [2.45, 2.75) is 26.9 Å². The van der Waals surface area contributed by atoms with Gasteiger partial charge < -0.3 is 10.1 Å². The molecule has 0 amide bonds. The number of nitrogens with one attached hydrogen (secondary N) is 1. The van der Waals surface area contributed by atoms with Gasteiger partial charge in [-0.05, 0) is 17.9 Å². The normalized spacial score (nSPS) is 18.1. The minimum atomic E-state index is 0.392. The summed E-state index contributed by atoms with van der Waals surface area (Å²) in [6.45, 7) is 8.42. The van der Waals surface area contributed by atoms with E-state index in [1.807, 2.05) is 6.07 Å². The molecule has 2 heteroatoms. The summed E-state index contributed by atoms with van der Waals surface area (Å²) in [5.74, 6) is 0.748. The zero-order chi connectivity index (χ0) is 12.1. The van der Waals surface area contributed by atoms with Crippen LogP contribution in [0.1, 0.15) is 25.8 Å². The molecule has 2 rings (SSSR count). The van der Waals surface area contributed by atoms with E-state index in [1.54, 1.807) is 0 Å². The van der Waals surface area contributed by atoms with Crippen molar-refractivity contribution in [3.8, 4) is 0 Å². The Balaban J connectivity index is 1.77. The highest BCUT2D eigenvalue weighted by Crippen LogP contribution is 2.31. The maximum absolute atomic E-state index is 5.89. The molecule has 2 nitrogen and oxygen atoms in total. The van der Waals surface area contributed by atoms with Crippen LogP contribution in [0, 0.1) is 11.3 Å². The van der Waals surface area contributed by atoms with Gasteiger partial charge in [-0.3, -0.25) is 0 Å². The molecule has 0 bridgehead atoms. The zero-order valence-electron chi connectivity index (χ0n) is 10.9. The van der Waals surface area contributed by atoms with Crippen LogP contribution in [0.3, 0.4) is 0 Å². The fourth-order valence-corrected chi connectivity index (χ4v) is 2.61. The summed E-state index contributed by atoms with van der Waals surface area (Å²) in [5.41, 5.74) is 1.66. The lowest BCUT2D eigenvalue weighted by molar-refractivity contribution is -0.0101. The van der Waals surface area contributed by atoms with Crippen LogP contribution in [0.5, 0.6) is 0 Å². The van der Waals surface area contributed by atoms with Gasteiger partial charge in [0.1, 0.15) is 0 Å². The van der Waals surface area contributed by atoms with E-state index in [4.69, 9.17) is 4.74 Å². The molecule has 1 fully saturated rings. The lowest BCUT2D eigenvalue weighted by Crippen LogP contribution is -2.56. The Morgan fingerprint density at radius 2 is 1.94 bits per heavy atom. The lowest BCUT2D eigenvalue weighted by atomic mass is 9.76. The van der Waals surface area contributed by atoms with Gasteiger partial charge in [0.05, 0.1) is 13.2 Å². The monoisotopic (exact) mass is 233 g/mol. The van der Waals surface area contributed by atoms with Crippen LogP contribution in [-0.2, 0) is 11.3 Å². The molecule has 0 radical (unpaired) electrons. The third kappa shape index (κ3) is 3.55. The van der Waals surface area contributed by atoms with E-state index < -0.39 is 0 Å². The topological polar surface area (TPSA) is 21.3 Å². The first-order chi connectivity index (χ1) is 8.20. The maximum Gasteiger partial charge on any atom is 0.0717 e. The smallest absolute Gasteiger partial charge is 0.0717 e. The fraction of sp³-hybridized carbons (Fsp3) is 0.600. The molecule has 0 spiro atoms. The predicted octanol–water partition coefficient (Wildman–Crippen LogP) is 2.84. The van der Waals surface area contributed by atoms with E-state index in [0.29, 0.717) is 5.41 Å². The summed E-state index contributed by atoms with van der Waals surface area (Å²) in [4.78, 5) is 0. The minimum Gasteiger partial charge on any atom is -0.376 e. The SMILES string of the molecule is CC(C)CC1(COCc2ccccc2)CNC1. The van der Waals surface area contributed by atoms with Crippen molar-refractivity contribution in [2.24, 2.45) is 11.3 Å². The molecule has 1 aliphatic rings. The van der Waals surface area contributed by atoms with E-state index in [9.17, 15) is 0 Å². The fourth-order valence-electron chi connectivity index (χ4n) is 2.61. The van der Waals surface area contributed by atoms with Gasteiger partial charge in [0.15, 0.2) is 0 Å². The van der Waals surface area contributed by atoms with Gasteiger partial charge in [-0.1, -0.05) is 44.2 Å². The highest BCUT2D eigenvalue weighted by Gasteiger charge is 2.37. The summed E-state index contributed by atoms with van der Waals surface area (Å²) in [7, 11) is 0. The van der Waals surface area contributed by atoms with Crippen LogP contribution < -0.4 is 5.32 Å². The summed E-state index contributed by atoms with van der Waals surface area (Å²) in [5, 5.41) is 3.38. The van der Waals surface area contributed by atoms with E-state index >= 15 is 0 Å². The van der Waals surface area contributed by atoms with Crippen LogP contribution in [-0.4, -0.2) is 19.7 Å². The summed E-state index contributed by atoms with van der Waals surface area (Å²) in [6, 6.07) is 10.4. The Hall–Kier alpha value is -0.860. The van der Waals surface area contributed by atoms with Crippen molar-refractivity contribution in [2.75, 3.05) is 19.7 Å². The highest BCUT2D eigenvalue weighted by atomic mass is 16.5. The van der Waals surface area contributed by atoms with Crippen LogP contribution in [0.15, 0.2) is 30.3 Å². The largest absolute Gasteiger partial charge is 0.376 e. The van der Waals surface area contributed by atoms with Crippen LogP contribution in [0.4, 0.5) is 0 Å². The summed E-state index contributed by atoms with van der Waals surface area (Å²) < 4.78 is 5.89. The van der Waals surface area contributed by atoms with Crippen molar-refractivity contribution >= 4 is 0 Å². The second-order valence-electron chi connectivity index (χ2n) is 5.68. The third-order valence-electron chi connectivity index (χ3n) is 3.36. The molecular formula is C15H23NO. The highest BCUT2D eigenvalue weighted by molar-refractivity contribution is 5.13. The van der Waals surface area contributed by atoms with E-state index in [2.05, 4.69) is 43.4 Å². The first-order valence-electron chi connectivity index (χ1n) is 6.53. The Kier molecular flexibility index (Phi) is 4.19. The Morgan fingerprint density at radius 3 is 2.47 bits per heavy atom. The molecule has 0 aliphatic carbocycles. The molecule has 0 atom stereocenters. The predicted molar refractivity (Wildman–Crippen MR) is 70.9 cm³/mol. The van der Waals surface area contributed by atoms with Gasteiger partial charge in [-0.25, -0.2) is 0 Å². The van der Waals surface area contributed by atoms with Crippen LogP contribution in [0.25, 0.3) is 0 Å². The van der Waals surface area contributed by atoms with Crippen molar-refractivity contribution in [3.63, 3.8) is 0 Å². The number of benzene rings is 1. The standard InChI is InChI=1S/C15H23NO/c1-13(2)8-15(10-16-11-15)12-17-9-14-6-4-3-5-7-14/h3-7,13,16H,8-12H2,1-2H3. The minimum absolute atomic E-state index is 0.392. The van der Waals surface area contributed by atoms with Gasteiger partial charge in [0.25, 0.3) is 0 Å². The maximum atomic E-state index is 5.89. The van der Waals surface area contributed by atoms with E-state index in [0.717, 1.165) is 32.2 Å². The lowest BCUT2D eigenvalue weighted by Gasteiger charge is -2.43. The number of rotatable bonds is 6. The van der Waals surface area contributed by atoms with Gasteiger partial charge in [0, 0.05) is 18.5 Å². The van der Waals surface area contributed by atoms with Crippen LogP contribution in [0.2, 0.25) is 0 Å². The summed E-state index contributed by atoms with van der Waals surface area (Å²) in [6.07, 6.45) is 1.26. The van der Waals surface area contributed by atoms with E-state index in [1.165, 1.54) is 12.0 Å². The first-order valence-corrected chi connectivity index (χ1v) is 6.53. The van der Waals surface area contributed by atoms with Gasteiger partial charge in [0.2, 0.25) is 0 Å². The molecule has 0 unspecified atom stereocenters. The molecule has 94 valence electrons. The Bertz CT molecular complexity index is 330. The number of hydrogen-bond acceptors (Lipinski definition) is 2. The van der Waals surface area contributed by atoms with Gasteiger partial charge in [-0.2, -0.15) is 0 Å². The molecule has 1 saturated heterocycles. The van der Waals surface area contributed by atoms with Crippen LogP contribution >= 0.6 is 0 Å². The molecule has 1 aromatic rings. The Labute approximate surface area is 104 Å². The number of hydrogen-bond donors (Lipinski definition) is 1. The molecule has 17 heavy (non-hydrogen) atoms. The van der Waals surface area contributed by atoms with Crippen molar-refractivity contribution in [3.05, 3.63) is 35.9 Å². The van der Waals surface area contributed by atoms with E-state index in [-0.39, 0.29) is 0 Å². The number of ether oxygens (including phenoxy) is 1. The average molecular weight is 233 g/mol. The quantitative estimate of drug-likeness (QED) is 0.816. The molecule has 1 aliphatic heterocycles. The summed E-state index contributed by atoms with van der Waals surface area (Å²) >= 11 is 0.